The maximum atomic E-state index is 14.8. The minimum atomic E-state index is -0.375. The van der Waals surface area contributed by atoms with Gasteiger partial charge in [0.25, 0.3) is 5.69 Å². The number of hydrogen-bond acceptors (Lipinski definition) is 19. The fourth-order valence-electron chi connectivity index (χ4n) is 18.3. The third-order valence-corrected chi connectivity index (χ3v) is 32.5. The first-order valence-electron chi connectivity index (χ1n) is 44.6. The van der Waals surface area contributed by atoms with Crippen LogP contribution in [0.4, 0.5) is 14.5 Å². The third-order valence-electron chi connectivity index (χ3n) is 25.0. The first-order valence-corrected chi connectivity index (χ1v) is 51.8. The first kappa shape index (κ1) is 92.0. The van der Waals surface area contributed by atoms with E-state index in [1.807, 2.05) is 72.1 Å². The molecule has 6 heterocycles. The Bertz CT molecular complexity index is 5620. The van der Waals surface area contributed by atoms with Gasteiger partial charge in [-0.1, -0.05) is 212 Å². The summed E-state index contributed by atoms with van der Waals surface area (Å²) in [6.07, 6.45) is 23.7. The molecule has 9 unspecified atom stereocenters. The molecule has 660 valence electrons. The summed E-state index contributed by atoms with van der Waals surface area (Å²) in [5.74, 6) is 9.90. The highest BCUT2D eigenvalue weighted by atomic mass is 127. The minimum absolute atomic E-state index is 0.0793. The number of nitrogens with one attached hydrogen (secondary N) is 4. The number of nitro groups is 1. The molecule has 1 saturated heterocycles. The molecule has 127 heavy (non-hydrogen) atoms. The minimum Gasteiger partial charge on any atom is -0.496 e. The molecule has 5 fully saturated rings. The Morgan fingerprint density at radius 3 is 1.36 bits per heavy atom. The van der Waals surface area contributed by atoms with E-state index >= 15 is 0 Å². The van der Waals surface area contributed by atoms with Gasteiger partial charge in [0.1, 0.15) is 52.3 Å². The maximum Gasteiger partial charge on any atom is 0.270 e. The molecule has 0 aromatic heterocycles. The molecule has 0 spiro atoms. The van der Waals surface area contributed by atoms with E-state index in [0.717, 1.165) is 108 Å². The number of halogens is 5. The summed E-state index contributed by atoms with van der Waals surface area (Å²) in [5, 5.41) is 26.2. The molecular formula is C102H108BrClF2IN11O4S5. The third kappa shape index (κ3) is 23.7. The predicted octanol–water partition coefficient (Wildman–Crippen LogP) is 25.4. The van der Waals surface area contributed by atoms with Gasteiger partial charge in [-0.05, 0) is 183 Å². The van der Waals surface area contributed by atoms with E-state index in [-0.39, 0.29) is 22.2 Å². The Balaban J connectivity index is 0.000000117. The second kappa shape index (κ2) is 45.5. The van der Waals surface area contributed by atoms with Gasteiger partial charge >= 0.3 is 0 Å². The molecule has 0 amide bonds. The summed E-state index contributed by atoms with van der Waals surface area (Å²) < 4.78 is 42.0. The van der Waals surface area contributed by atoms with Gasteiger partial charge in [-0.3, -0.25) is 35.1 Å². The van der Waals surface area contributed by atoms with Crippen LogP contribution in [0, 0.1) is 25.3 Å². The molecular weight excluding hydrogens is 1880 g/mol. The van der Waals surface area contributed by atoms with Crippen molar-refractivity contribution in [1.29, 1.82) is 0 Å². The number of fused-ring (bicyclic) bond motifs is 5. The lowest BCUT2D eigenvalue weighted by Gasteiger charge is -2.32. The summed E-state index contributed by atoms with van der Waals surface area (Å²) in [4.78, 5) is 43.3. The van der Waals surface area contributed by atoms with Gasteiger partial charge in [0.15, 0.2) is 0 Å². The standard InChI is InChI=1S/C21H22BrFN2OS.C21H23N3O3S.C20H20ClFN2S.C20H21IN2S.C20H22N2S/c1-26-19-9-8-15(22)11-14(19)13-27-20-17(6-4-7-18(20)23)21-24-12-16-5-2-3-10-25(16)21;1-27-19-11-10-15(24(25)26)12-14(19)13-28-20-9-5-2-6-16(20)21-22-17-7-3-4-8-18(17)23-21;21-15-7-5-8-16(22)14(15)12-25-19-11-4-1-6-13(19)20-23-17-9-2-3-10-18(17)24-20;21-16-9-3-1-7-14(16)13-24-19-12-6-2-8-15(19)20-22-17-10-4-5-11-18(17)23-20;1-2-8-15(9-3-1)14-23-19-13-7-4-10-16(19)20-21-17-11-5-6-12-18(17)22-20/h4,6-9,11,16H,2-3,5,10,12-13H2,1H3;2,5-6,9-12,17-18H,3-4,7-8,13H2,1H3,(H,22,23);1,4-8,11,17-18H,2-3,9-10,12H2,(H,23,24);1-3,6-9,12,17-18H,4-5,10-11,13H2,(H,22,23);1-4,7-10,13,17-18H,5-6,11-12,14H2,(H,21,22). The van der Waals surface area contributed by atoms with E-state index in [0.29, 0.717) is 92.9 Å². The van der Waals surface area contributed by atoms with E-state index in [1.54, 1.807) is 68.1 Å². The summed E-state index contributed by atoms with van der Waals surface area (Å²) in [6, 6.07) is 78.1. The van der Waals surface area contributed by atoms with E-state index in [4.69, 9.17) is 46.0 Å². The Labute approximate surface area is 794 Å². The lowest BCUT2D eigenvalue weighted by Crippen LogP contribution is -2.40. The molecule has 25 heteroatoms. The van der Waals surface area contributed by atoms with Crippen LogP contribution in [0.15, 0.2) is 278 Å². The van der Waals surface area contributed by atoms with Crippen LogP contribution in [0.25, 0.3) is 0 Å². The summed E-state index contributed by atoms with van der Waals surface area (Å²) in [6.45, 7) is 1.85. The molecule has 10 aliphatic rings. The van der Waals surface area contributed by atoms with Crippen LogP contribution in [0.2, 0.25) is 5.02 Å². The average Bonchev–Trinajstić information content (AvgIpc) is 1.73. The van der Waals surface area contributed by atoms with Crippen molar-refractivity contribution in [1.82, 2.24) is 26.2 Å². The van der Waals surface area contributed by atoms with Crippen LogP contribution >= 0.6 is 109 Å². The molecule has 6 aliphatic heterocycles. The second-order valence-corrected chi connectivity index (χ2v) is 40.9. The molecule has 0 radical (unpaired) electrons. The number of nitrogens with zero attached hydrogens (tertiary/aromatic N) is 7. The number of non-ortho nitro benzene ring substituents is 1. The topological polar surface area (TPSA) is 175 Å². The van der Waals surface area contributed by atoms with Crippen LogP contribution in [-0.2, 0) is 28.8 Å². The van der Waals surface area contributed by atoms with Crippen LogP contribution in [-0.4, -0.2) is 121 Å². The average molecular weight is 1990 g/mol. The highest BCUT2D eigenvalue weighted by Crippen LogP contribution is 2.42. The molecule has 4 saturated carbocycles. The van der Waals surface area contributed by atoms with E-state index in [1.165, 1.54) is 181 Å². The van der Waals surface area contributed by atoms with Gasteiger partial charge < -0.3 is 35.6 Å². The van der Waals surface area contributed by atoms with Crippen LogP contribution < -0.4 is 30.7 Å². The number of piperidine rings is 1. The number of rotatable bonds is 23. The van der Waals surface area contributed by atoms with Crippen LogP contribution in [0.3, 0.4) is 0 Å². The molecule has 10 aromatic rings. The summed E-state index contributed by atoms with van der Waals surface area (Å²) in [5.41, 5.74) is 10.9. The number of benzene rings is 10. The Morgan fingerprint density at radius 1 is 0.449 bits per heavy atom. The van der Waals surface area contributed by atoms with Gasteiger partial charge in [-0.2, -0.15) is 0 Å². The highest BCUT2D eigenvalue weighted by Gasteiger charge is 2.38. The fourth-order valence-corrected chi connectivity index (χ4v) is 25.1. The van der Waals surface area contributed by atoms with E-state index in [9.17, 15) is 18.9 Å². The van der Waals surface area contributed by atoms with Gasteiger partial charge in [-0.15, -0.1) is 58.8 Å². The Hall–Kier alpha value is -8.34. The normalized spacial score (nSPS) is 21.5. The van der Waals surface area contributed by atoms with E-state index in [2.05, 4.69) is 192 Å². The van der Waals surface area contributed by atoms with Gasteiger partial charge in [-0.25, -0.2) is 8.78 Å². The number of hydrogen-bond donors (Lipinski definition) is 4. The SMILES string of the molecule is COc1ccc(Br)cc1CSc1c(F)cccc1C1=NCC2CCCCN12.COc1ccc([N+](=O)[O-])cc1CSc1ccccc1C1=NC2CCCCC2N1.Fc1cccc(Cl)c1CSc1ccccc1C1=NC2CCCCC2N1.Ic1ccccc1CSc1ccccc1C1=NC2CCCCC2N1.c1ccc(CSc2ccccc2C2=NC3CCCCC3N2)cc1. The molecule has 9 atom stereocenters. The Kier molecular flexibility index (Phi) is 32.9. The van der Waals surface area contributed by atoms with Gasteiger partial charge in [0.05, 0.1) is 60.8 Å². The lowest BCUT2D eigenvalue weighted by molar-refractivity contribution is -0.384. The van der Waals surface area contributed by atoms with Crippen molar-refractivity contribution in [2.75, 3.05) is 27.3 Å². The summed E-state index contributed by atoms with van der Waals surface area (Å²) >= 11 is 20.7. The van der Waals surface area contributed by atoms with Crippen molar-refractivity contribution in [2.45, 2.75) is 230 Å². The molecule has 0 bridgehead atoms. The van der Waals surface area contributed by atoms with Crippen molar-refractivity contribution < 1.29 is 23.2 Å². The number of ether oxygens (including phenoxy) is 2. The van der Waals surface area contributed by atoms with Crippen molar-refractivity contribution in [3.8, 4) is 11.5 Å². The number of nitro benzene ring substituents is 1. The van der Waals surface area contributed by atoms with Crippen molar-refractivity contribution in [2.24, 2.45) is 25.0 Å². The van der Waals surface area contributed by atoms with Crippen LogP contribution in [0.1, 0.15) is 178 Å². The zero-order valence-corrected chi connectivity index (χ0v) is 80.2. The molecule has 15 nitrogen and oxygen atoms in total. The molecule has 4 aliphatic carbocycles. The molecule has 20 rings (SSSR count). The first-order chi connectivity index (χ1) is 62.3. The van der Waals surface area contributed by atoms with Crippen molar-refractivity contribution in [3.63, 3.8) is 0 Å². The molecule has 4 N–H and O–H groups in total. The van der Waals surface area contributed by atoms with Crippen LogP contribution in [0.5, 0.6) is 11.5 Å². The number of methoxy groups -OCH3 is 2. The quantitative estimate of drug-likeness (QED) is 0.0206. The highest BCUT2D eigenvalue weighted by molar-refractivity contribution is 14.1. The Morgan fingerprint density at radius 2 is 0.866 bits per heavy atom. The van der Waals surface area contributed by atoms with Gasteiger partial charge in [0.2, 0.25) is 0 Å². The zero-order valence-electron chi connectivity index (χ0n) is 71.6. The fraction of sp³-hybridized carbons (Fsp3) is 0.363. The number of amidine groups is 5. The second-order valence-electron chi connectivity index (χ2n) is 33.4. The predicted molar refractivity (Wildman–Crippen MR) is 536 cm³/mol. The largest absolute Gasteiger partial charge is 0.496 e. The monoisotopic (exact) mass is 1990 g/mol. The number of thioether (sulfide) groups is 5. The summed E-state index contributed by atoms with van der Waals surface area (Å²) in [7, 11) is 3.25. The van der Waals surface area contributed by atoms with E-state index < -0.39 is 0 Å². The maximum absolute atomic E-state index is 14.8. The van der Waals surface area contributed by atoms with Crippen molar-refractivity contribution in [3.05, 3.63) is 315 Å². The zero-order chi connectivity index (χ0) is 87.4. The lowest BCUT2D eigenvalue weighted by atomic mass is 9.92. The smallest absolute Gasteiger partial charge is 0.270 e. The molecule has 10 aromatic carbocycles. The van der Waals surface area contributed by atoms with Crippen molar-refractivity contribution >= 4 is 144 Å². The number of aliphatic imine (C=N–C) groups is 5. The van der Waals surface area contributed by atoms with Gasteiger partial charge in [0, 0.05) is 149 Å².